The number of hydrogen-bond donors (Lipinski definition) is 0. The number of hydrogen-bond acceptors (Lipinski definition) is 1. The molecule has 0 bridgehead atoms. The minimum absolute atomic E-state index is 0.138. The summed E-state index contributed by atoms with van der Waals surface area (Å²) in [4.78, 5) is 0. The van der Waals surface area contributed by atoms with Crippen LogP contribution in [-0.2, 0) is 5.41 Å². The first kappa shape index (κ1) is 14.9. The molecule has 0 heterocycles. The smallest absolute Gasteiger partial charge is 0.135 e. The van der Waals surface area contributed by atoms with Gasteiger partial charge in [0.05, 0.1) is 6.07 Å². The maximum atomic E-state index is 14.5. The summed E-state index contributed by atoms with van der Waals surface area (Å²) in [5.74, 6) is -1.40. The normalized spacial score (nSPS) is 11.0. The van der Waals surface area contributed by atoms with E-state index in [0.717, 1.165) is 6.07 Å². The minimum Gasteiger partial charge on any atom is -0.207 e. The molecule has 23 heavy (non-hydrogen) atoms. The monoisotopic (exact) mass is 305 g/mol. The molecule has 0 N–H and O–H groups in total. The van der Waals surface area contributed by atoms with Crippen molar-refractivity contribution in [2.75, 3.05) is 0 Å². The van der Waals surface area contributed by atoms with Crippen LogP contribution in [0.3, 0.4) is 0 Å². The Balaban J connectivity index is 2.37. The Hall–Kier alpha value is -2.99. The zero-order chi connectivity index (χ0) is 16.3. The van der Waals surface area contributed by atoms with E-state index in [1.165, 1.54) is 12.1 Å². The Morgan fingerprint density at radius 3 is 1.70 bits per heavy atom. The van der Waals surface area contributed by atoms with Crippen molar-refractivity contribution in [3.8, 4) is 6.07 Å². The van der Waals surface area contributed by atoms with Gasteiger partial charge in [-0.25, -0.2) is 8.78 Å². The lowest BCUT2D eigenvalue weighted by atomic mass is 9.70. The van der Waals surface area contributed by atoms with Crippen molar-refractivity contribution < 1.29 is 8.78 Å². The van der Waals surface area contributed by atoms with Gasteiger partial charge in [-0.05, 0) is 17.2 Å². The fourth-order valence-electron chi connectivity index (χ4n) is 2.84. The molecule has 3 aromatic rings. The second-order valence-electron chi connectivity index (χ2n) is 5.22. The van der Waals surface area contributed by atoms with E-state index in [2.05, 4.69) is 6.07 Å². The average Bonchev–Trinajstić information content (AvgIpc) is 2.59. The molecule has 0 radical (unpaired) electrons. The SMILES string of the molecule is N#CC(c1ccccc1)(c1ccccc1)c1ccc(F)cc1F. The summed E-state index contributed by atoms with van der Waals surface area (Å²) >= 11 is 0. The molecule has 0 aliphatic carbocycles. The minimum atomic E-state index is -1.33. The summed E-state index contributed by atoms with van der Waals surface area (Å²) < 4.78 is 27.8. The number of benzene rings is 3. The first-order valence-corrected chi connectivity index (χ1v) is 7.16. The summed E-state index contributed by atoms with van der Waals surface area (Å²) in [5.41, 5.74) is 0.0811. The van der Waals surface area contributed by atoms with E-state index < -0.39 is 17.0 Å². The van der Waals surface area contributed by atoms with Crippen LogP contribution in [0.5, 0.6) is 0 Å². The maximum absolute atomic E-state index is 14.5. The van der Waals surface area contributed by atoms with Crippen LogP contribution in [-0.4, -0.2) is 0 Å². The Bertz CT molecular complexity index is 812. The second kappa shape index (κ2) is 6.02. The number of halogens is 2. The first-order valence-electron chi connectivity index (χ1n) is 7.16. The van der Waals surface area contributed by atoms with Crippen LogP contribution in [0.15, 0.2) is 78.9 Å². The van der Waals surface area contributed by atoms with Crippen LogP contribution in [0.4, 0.5) is 8.78 Å². The third kappa shape index (κ3) is 2.49. The molecule has 0 amide bonds. The van der Waals surface area contributed by atoms with Crippen LogP contribution in [0.2, 0.25) is 0 Å². The molecule has 0 spiro atoms. The average molecular weight is 305 g/mol. The van der Waals surface area contributed by atoms with Gasteiger partial charge < -0.3 is 0 Å². The van der Waals surface area contributed by atoms with E-state index in [9.17, 15) is 14.0 Å². The first-order chi connectivity index (χ1) is 11.2. The van der Waals surface area contributed by atoms with Gasteiger partial charge in [0.1, 0.15) is 17.0 Å². The van der Waals surface area contributed by atoms with Gasteiger partial charge in [-0.15, -0.1) is 0 Å². The van der Waals surface area contributed by atoms with Gasteiger partial charge in [-0.2, -0.15) is 5.26 Å². The van der Waals surface area contributed by atoms with Crippen molar-refractivity contribution in [3.63, 3.8) is 0 Å². The topological polar surface area (TPSA) is 23.8 Å². The Labute approximate surface area is 133 Å². The van der Waals surface area contributed by atoms with E-state index in [-0.39, 0.29) is 5.56 Å². The zero-order valence-corrected chi connectivity index (χ0v) is 12.2. The lowest BCUT2D eigenvalue weighted by Crippen LogP contribution is -2.28. The Morgan fingerprint density at radius 1 is 0.739 bits per heavy atom. The summed E-state index contributed by atoms with van der Waals surface area (Å²) in [5, 5.41) is 10.0. The molecular weight excluding hydrogens is 292 g/mol. The van der Waals surface area contributed by atoms with Gasteiger partial charge in [-0.1, -0.05) is 66.7 Å². The summed E-state index contributed by atoms with van der Waals surface area (Å²) in [7, 11) is 0. The van der Waals surface area contributed by atoms with E-state index >= 15 is 0 Å². The molecule has 3 rings (SSSR count). The lowest BCUT2D eigenvalue weighted by molar-refractivity contribution is 0.559. The van der Waals surface area contributed by atoms with Gasteiger partial charge in [0.15, 0.2) is 0 Å². The van der Waals surface area contributed by atoms with Crippen molar-refractivity contribution in [3.05, 3.63) is 107 Å². The molecular formula is C20H13F2N. The molecule has 0 saturated carbocycles. The zero-order valence-electron chi connectivity index (χ0n) is 12.2. The number of nitriles is 1. The van der Waals surface area contributed by atoms with Gasteiger partial charge >= 0.3 is 0 Å². The number of rotatable bonds is 3. The van der Waals surface area contributed by atoms with Crippen molar-refractivity contribution in [2.24, 2.45) is 0 Å². The van der Waals surface area contributed by atoms with E-state index in [1.54, 1.807) is 48.5 Å². The predicted octanol–water partition coefficient (Wildman–Crippen LogP) is 4.82. The molecule has 1 nitrogen and oxygen atoms in total. The van der Waals surface area contributed by atoms with Gasteiger partial charge in [0.25, 0.3) is 0 Å². The Kier molecular flexibility index (Phi) is 3.91. The van der Waals surface area contributed by atoms with Crippen molar-refractivity contribution in [1.29, 1.82) is 5.26 Å². The third-order valence-corrected chi connectivity index (χ3v) is 3.92. The standard InChI is InChI=1S/C20H13F2N/c21-17-11-12-18(19(22)13-17)20(14-23,15-7-3-1-4-8-15)16-9-5-2-6-10-16/h1-13H. The highest BCUT2D eigenvalue weighted by Gasteiger charge is 2.38. The maximum Gasteiger partial charge on any atom is 0.135 e. The molecule has 0 aromatic heterocycles. The van der Waals surface area contributed by atoms with E-state index in [4.69, 9.17) is 0 Å². The molecule has 0 aliphatic heterocycles. The van der Waals surface area contributed by atoms with Gasteiger partial charge in [0.2, 0.25) is 0 Å². The van der Waals surface area contributed by atoms with Crippen LogP contribution in [0, 0.1) is 23.0 Å². The Morgan fingerprint density at radius 2 is 1.26 bits per heavy atom. The number of nitrogens with zero attached hydrogens (tertiary/aromatic N) is 1. The molecule has 0 atom stereocenters. The lowest BCUT2D eigenvalue weighted by Gasteiger charge is -2.29. The highest BCUT2D eigenvalue weighted by molar-refractivity contribution is 5.56. The largest absolute Gasteiger partial charge is 0.207 e. The van der Waals surface area contributed by atoms with Crippen molar-refractivity contribution in [2.45, 2.75) is 5.41 Å². The third-order valence-electron chi connectivity index (χ3n) is 3.92. The molecule has 112 valence electrons. The van der Waals surface area contributed by atoms with Crippen LogP contribution < -0.4 is 0 Å². The van der Waals surface area contributed by atoms with Crippen LogP contribution in [0.25, 0.3) is 0 Å². The van der Waals surface area contributed by atoms with Crippen molar-refractivity contribution >= 4 is 0 Å². The van der Waals surface area contributed by atoms with E-state index in [0.29, 0.717) is 11.1 Å². The van der Waals surface area contributed by atoms with Gasteiger partial charge in [-0.3, -0.25) is 0 Å². The molecule has 3 heteroatoms. The molecule has 0 unspecified atom stereocenters. The van der Waals surface area contributed by atoms with Crippen LogP contribution in [0.1, 0.15) is 16.7 Å². The molecule has 3 aromatic carbocycles. The molecule has 0 saturated heterocycles. The summed E-state index contributed by atoms with van der Waals surface area (Å²) in [6.45, 7) is 0. The van der Waals surface area contributed by atoms with E-state index in [1.807, 2.05) is 12.1 Å². The van der Waals surface area contributed by atoms with Crippen molar-refractivity contribution in [1.82, 2.24) is 0 Å². The molecule has 0 aliphatic rings. The summed E-state index contributed by atoms with van der Waals surface area (Å²) in [6, 6.07) is 23.6. The summed E-state index contributed by atoms with van der Waals surface area (Å²) in [6.07, 6.45) is 0. The fraction of sp³-hybridized carbons (Fsp3) is 0.0500. The highest BCUT2D eigenvalue weighted by Crippen LogP contribution is 2.39. The predicted molar refractivity (Wildman–Crippen MR) is 84.7 cm³/mol. The highest BCUT2D eigenvalue weighted by atomic mass is 19.1. The quantitative estimate of drug-likeness (QED) is 0.636. The second-order valence-corrected chi connectivity index (χ2v) is 5.22. The van der Waals surface area contributed by atoms with Gasteiger partial charge in [0, 0.05) is 11.6 Å². The fourth-order valence-corrected chi connectivity index (χ4v) is 2.84. The molecule has 0 fully saturated rings. The van der Waals surface area contributed by atoms with Crippen LogP contribution >= 0.6 is 0 Å².